The van der Waals surface area contributed by atoms with Crippen LogP contribution in [0.15, 0.2) is 54.6 Å². The third kappa shape index (κ3) is 5.52. The molecule has 0 saturated heterocycles. The van der Waals surface area contributed by atoms with E-state index in [1.54, 1.807) is 12.1 Å². The van der Waals surface area contributed by atoms with E-state index in [9.17, 15) is 4.79 Å². The average Bonchev–Trinajstić information content (AvgIpc) is 2.80. The van der Waals surface area contributed by atoms with Crippen molar-refractivity contribution in [2.75, 3.05) is 39.8 Å². The monoisotopic (exact) mass is 420 g/mol. The number of carbonyl (C=O) groups is 1. The molecule has 0 bridgehead atoms. The molecular formula is C24H24N2O5. The van der Waals surface area contributed by atoms with Gasteiger partial charge < -0.3 is 29.6 Å². The summed E-state index contributed by atoms with van der Waals surface area (Å²) >= 11 is 0. The van der Waals surface area contributed by atoms with Crippen LogP contribution in [-0.2, 0) is 0 Å². The van der Waals surface area contributed by atoms with Crippen molar-refractivity contribution >= 4 is 22.5 Å². The Morgan fingerprint density at radius 2 is 1.58 bits per heavy atom. The van der Waals surface area contributed by atoms with E-state index in [1.807, 2.05) is 42.5 Å². The van der Waals surface area contributed by atoms with Gasteiger partial charge in [-0.1, -0.05) is 48.2 Å². The highest BCUT2D eigenvalue weighted by atomic mass is 16.5. The van der Waals surface area contributed by atoms with Gasteiger partial charge in [-0.3, -0.25) is 0 Å². The van der Waals surface area contributed by atoms with Crippen LogP contribution in [0.3, 0.4) is 0 Å². The van der Waals surface area contributed by atoms with Crippen LogP contribution in [0.1, 0.15) is 0 Å². The normalized spacial score (nSPS) is 9.90. The molecular weight excluding hydrogens is 396 g/mol. The fourth-order valence-corrected chi connectivity index (χ4v) is 3.00. The molecule has 3 aromatic carbocycles. The molecule has 31 heavy (non-hydrogen) atoms. The summed E-state index contributed by atoms with van der Waals surface area (Å²) in [6.07, 6.45) is 0. The lowest BCUT2D eigenvalue weighted by Crippen LogP contribution is -2.29. The minimum Gasteiger partial charge on any atom is -0.493 e. The molecule has 7 heteroatoms. The molecule has 3 aromatic rings. The zero-order valence-corrected chi connectivity index (χ0v) is 17.7. The summed E-state index contributed by atoms with van der Waals surface area (Å²) in [6.45, 7) is 0.402. The minimum atomic E-state index is -0.404. The van der Waals surface area contributed by atoms with Crippen molar-refractivity contribution in [2.45, 2.75) is 0 Å². The molecule has 0 radical (unpaired) electrons. The second-order valence-electron chi connectivity index (χ2n) is 6.34. The average molecular weight is 420 g/mol. The molecule has 0 unspecified atom stereocenters. The van der Waals surface area contributed by atoms with Crippen molar-refractivity contribution in [3.05, 3.63) is 54.6 Å². The maximum Gasteiger partial charge on any atom is 0.319 e. The van der Waals surface area contributed by atoms with E-state index in [1.165, 1.54) is 21.3 Å². The number of ether oxygens (including phenoxy) is 4. The summed E-state index contributed by atoms with van der Waals surface area (Å²) in [4.78, 5) is 12.1. The molecule has 0 aliphatic heterocycles. The Morgan fingerprint density at radius 1 is 0.871 bits per heavy atom. The van der Waals surface area contributed by atoms with Crippen LogP contribution in [0.2, 0.25) is 0 Å². The van der Waals surface area contributed by atoms with Crippen molar-refractivity contribution in [1.82, 2.24) is 5.32 Å². The summed E-state index contributed by atoms with van der Waals surface area (Å²) < 4.78 is 21.6. The number of fused-ring (bicyclic) bond motifs is 1. The summed E-state index contributed by atoms with van der Waals surface area (Å²) in [5.41, 5.74) is 0.499. The van der Waals surface area contributed by atoms with Crippen molar-refractivity contribution in [2.24, 2.45) is 0 Å². The molecule has 0 aromatic heterocycles. The largest absolute Gasteiger partial charge is 0.493 e. The summed E-state index contributed by atoms with van der Waals surface area (Å²) in [7, 11) is 4.54. The van der Waals surface area contributed by atoms with Gasteiger partial charge in [-0.25, -0.2) is 4.79 Å². The van der Waals surface area contributed by atoms with E-state index >= 15 is 0 Å². The van der Waals surface area contributed by atoms with Gasteiger partial charge in [0.15, 0.2) is 11.5 Å². The van der Waals surface area contributed by atoms with E-state index in [-0.39, 0.29) is 13.2 Å². The molecule has 0 fully saturated rings. The van der Waals surface area contributed by atoms with E-state index < -0.39 is 6.03 Å². The molecule has 0 spiro atoms. The quantitative estimate of drug-likeness (QED) is 0.564. The number of urea groups is 1. The van der Waals surface area contributed by atoms with Crippen LogP contribution >= 0.6 is 0 Å². The van der Waals surface area contributed by atoms with Gasteiger partial charge in [0.1, 0.15) is 12.4 Å². The second-order valence-corrected chi connectivity index (χ2v) is 6.34. The van der Waals surface area contributed by atoms with Crippen molar-refractivity contribution in [3.8, 4) is 34.8 Å². The number of rotatable bonds is 7. The third-order valence-corrected chi connectivity index (χ3v) is 4.43. The highest BCUT2D eigenvalue weighted by Gasteiger charge is 2.14. The number of hydrogen-bond acceptors (Lipinski definition) is 5. The fourth-order valence-electron chi connectivity index (χ4n) is 3.00. The SMILES string of the molecule is COc1cc(NC(=O)NCC#CCOc2cccc3ccccc23)cc(OC)c1OC. The number of amides is 2. The van der Waals surface area contributed by atoms with Gasteiger partial charge in [0.2, 0.25) is 5.75 Å². The van der Waals surface area contributed by atoms with E-state index in [0.29, 0.717) is 22.9 Å². The van der Waals surface area contributed by atoms with Crippen LogP contribution in [0.5, 0.6) is 23.0 Å². The van der Waals surface area contributed by atoms with Crippen molar-refractivity contribution in [1.29, 1.82) is 0 Å². The maximum atomic E-state index is 12.1. The van der Waals surface area contributed by atoms with Crippen molar-refractivity contribution < 1.29 is 23.7 Å². The zero-order chi connectivity index (χ0) is 22.1. The highest BCUT2D eigenvalue weighted by molar-refractivity contribution is 5.90. The minimum absolute atomic E-state index is 0.176. The number of methoxy groups -OCH3 is 3. The molecule has 0 aliphatic carbocycles. The van der Waals surface area contributed by atoms with Gasteiger partial charge in [-0.15, -0.1) is 0 Å². The molecule has 2 N–H and O–H groups in total. The second kappa shape index (κ2) is 10.6. The lowest BCUT2D eigenvalue weighted by Gasteiger charge is -2.14. The number of hydrogen-bond donors (Lipinski definition) is 2. The summed E-state index contributed by atoms with van der Waals surface area (Å²) in [6, 6.07) is 16.8. The first-order valence-corrected chi connectivity index (χ1v) is 9.57. The van der Waals surface area contributed by atoms with Crippen LogP contribution in [-0.4, -0.2) is 40.5 Å². The number of benzene rings is 3. The van der Waals surface area contributed by atoms with E-state index in [4.69, 9.17) is 18.9 Å². The van der Waals surface area contributed by atoms with E-state index in [0.717, 1.165) is 16.5 Å². The van der Waals surface area contributed by atoms with Crippen LogP contribution in [0.25, 0.3) is 10.8 Å². The van der Waals surface area contributed by atoms with Gasteiger partial charge in [-0.05, 0) is 11.5 Å². The standard InChI is InChI=1S/C24H24N2O5/c1-28-21-15-18(16-22(29-2)23(21)30-3)26-24(27)25-13-6-7-14-31-20-12-8-10-17-9-4-5-11-19(17)20/h4-5,8-12,15-16H,13-14H2,1-3H3,(H2,25,26,27). The van der Waals surface area contributed by atoms with Crippen LogP contribution in [0.4, 0.5) is 10.5 Å². The summed E-state index contributed by atoms with van der Waals surface area (Å²) in [5.74, 6) is 7.89. The first kappa shape index (κ1) is 21.7. The molecule has 0 atom stereocenters. The van der Waals surface area contributed by atoms with Gasteiger partial charge in [-0.2, -0.15) is 0 Å². The molecule has 0 saturated carbocycles. The highest BCUT2D eigenvalue weighted by Crippen LogP contribution is 2.39. The molecule has 7 nitrogen and oxygen atoms in total. The zero-order valence-electron chi connectivity index (χ0n) is 17.7. The van der Waals surface area contributed by atoms with Gasteiger partial charge >= 0.3 is 6.03 Å². The van der Waals surface area contributed by atoms with Crippen molar-refractivity contribution in [3.63, 3.8) is 0 Å². The first-order chi connectivity index (χ1) is 15.2. The summed E-state index contributed by atoms with van der Waals surface area (Å²) in [5, 5.41) is 7.53. The Hall–Kier alpha value is -4.05. The number of carbonyl (C=O) groups excluding carboxylic acids is 1. The predicted molar refractivity (Wildman–Crippen MR) is 120 cm³/mol. The lowest BCUT2D eigenvalue weighted by molar-refractivity contribution is 0.253. The number of anilines is 1. The topological polar surface area (TPSA) is 78.1 Å². The Balaban J connectivity index is 1.50. The Kier molecular flexibility index (Phi) is 7.44. The van der Waals surface area contributed by atoms with Gasteiger partial charge in [0.05, 0.1) is 33.6 Å². The molecule has 160 valence electrons. The lowest BCUT2D eigenvalue weighted by atomic mass is 10.1. The molecule has 2 amide bonds. The first-order valence-electron chi connectivity index (χ1n) is 9.57. The van der Waals surface area contributed by atoms with Crippen LogP contribution < -0.4 is 29.6 Å². The molecule has 3 rings (SSSR count). The molecule has 0 heterocycles. The Labute approximate surface area is 181 Å². The smallest absolute Gasteiger partial charge is 0.319 e. The fraction of sp³-hybridized carbons (Fsp3) is 0.208. The Morgan fingerprint density at radius 3 is 2.29 bits per heavy atom. The van der Waals surface area contributed by atoms with Gasteiger partial charge in [0, 0.05) is 17.5 Å². The van der Waals surface area contributed by atoms with Crippen LogP contribution in [0, 0.1) is 11.8 Å². The van der Waals surface area contributed by atoms with Gasteiger partial charge in [0.25, 0.3) is 0 Å². The maximum absolute atomic E-state index is 12.1. The Bertz CT molecular complexity index is 1090. The van der Waals surface area contributed by atoms with E-state index in [2.05, 4.69) is 22.5 Å². The third-order valence-electron chi connectivity index (χ3n) is 4.43. The predicted octanol–water partition coefficient (Wildman–Crippen LogP) is 4.07. The number of nitrogens with one attached hydrogen (secondary N) is 2. The molecule has 0 aliphatic rings.